The van der Waals surface area contributed by atoms with Crippen LogP contribution in [0.15, 0.2) is 42.5 Å². The second-order valence-corrected chi connectivity index (χ2v) is 5.25. The minimum Gasteiger partial charge on any atom is -0.388 e. The summed E-state index contributed by atoms with van der Waals surface area (Å²) in [6.45, 7) is 0. The molecular formula is C15H12Cl2F2O. The third-order valence-corrected chi connectivity index (χ3v) is 3.73. The molecule has 1 atom stereocenters. The molecule has 2 rings (SSSR count). The molecule has 0 aromatic heterocycles. The summed E-state index contributed by atoms with van der Waals surface area (Å²) in [5.41, 5.74) is 1.35. The van der Waals surface area contributed by atoms with Crippen LogP contribution in [0.5, 0.6) is 0 Å². The van der Waals surface area contributed by atoms with E-state index >= 15 is 0 Å². The van der Waals surface area contributed by atoms with Gasteiger partial charge in [-0.15, -0.1) is 0 Å². The van der Waals surface area contributed by atoms with Gasteiger partial charge in [-0.25, -0.2) is 8.78 Å². The van der Waals surface area contributed by atoms with Crippen molar-refractivity contribution in [3.05, 3.63) is 69.2 Å². The average molecular weight is 317 g/mol. The van der Waals surface area contributed by atoms with Crippen LogP contribution < -0.4 is 0 Å². The van der Waals surface area contributed by atoms with Gasteiger partial charge in [-0.05, 0) is 23.3 Å². The lowest BCUT2D eigenvalue weighted by atomic mass is 10.0. The van der Waals surface area contributed by atoms with E-state index in [1.165, 1.54) is 24.3 Å². The van der Waals surface area contributed by atoms with E-state index < -0.39 is 12.5 Å². The number of hydrogen-bond acceptors (Lipinski definition) is 1. The Morgan fingerprint density at radius 2 is 1.50 bits per heavy atom. The first-order valence-electron chi connectivity index (χ1n) is 5.97. The lowest BCUT2D eigenvalue weighted by Crippen LogP contribution is -2.02. The first-order valence-corrected chi connectivity index (χ1v) is 6.73. The highest BCUT2D eigenvalue weighted by atomic mass is 35.5. The Bertz CT molecular complexity index is 585. The van der Waals surface area contributed by atoms with Gasteiger partial charge in [0.1, 0.15) is 0 Å². The van der Waals surface area contributed by atoms with Crippen molar-refractivity contribution in [2.24, 2.45) is 0 Å². The predicted octanol–water partition coefficient (Wildman–Crippen LogP) is 5.21. The Balaban J connectivity index is 2.10. The number of aliphatic hydroxyl groups is 1. The molecule has 2 aromatic carbocycles. The van der Waals surface area contributed by atoms with Crippen LogP contribution in [0.25, 0.3) is 0 Å². The first kappa shape index (κ1) is 15.2. The molecule has 5 heteroatoms. The summed E-state index contributed by atoms with van der Waals surface area (Å²) in [5.74, 6) is 0. The van der Waals surface area contributed by atoms with Gasteiger partial charge in [0.25, 0.3) is 6.43 Å². The fourth-order valence-corrected chi connectivity index (χ4v) is 2.19. The molecule has 0 aliphatic rings. The predicted molar refractivity (Wildman–Crippen MR) is 76.5 cm³/mol. The van der Waals surface area contributed by atoms with Crippen LogP contribution >= 0.6 is 23.2 Å². The fraction of sp³-hybridized carbons (Fsp3) is 0.200. The van der Waals surface area contributed by atoms with Crippen LogP contribution in [0.2, 0.25) is 10.0 Å². The molecule has 0 fully saturated rings. The van der Waals surface area contributed by atoms with Gasteiger partial charge >= 0.3 is 0 Å². The number of hydrogen-bond donors (Lipinski definition) is 1. The van der Waals surface area contributed by atoms with Crippen molar-refractivity contribution < 1.29 is 13.9 Å². The molecule has 106 valence electrons. The van der Waals surface area contributed by atoms with Crippen LogP contribution in [0, 0.1) is 0 Å². The van der Waals surface area contributed by atoms with Crippen LogP contribution in [0.1, 0.15) is 29.2 Å². The number of rotatable bonds is 4. The van der Waals surface area contributed by atoms with Gasteiger partial charge < -0.3 is 5.11 Å². The standard InChI is InChI=1S/C15H12Cl2F2O/c16-12-6-1-9(7-13(12)17)8-14(20)10-2-4-11(5-3-10)15(18)19/h1-7,14-15,20H,8H2. The third-order valence-electron chi connectivity index (χ3n) is 2.99. The number of alkyl halides is 2. The van der Waals surface area contributed by atoms with Crippen LogP contribution in [-0.2, 0) is 6.42 Å². The number of halogens is 4. The summed E-state index contributed by atoms with van der Waals surface area (Å²) >= 11 is 11.7. The average Bonchev–Trinajstić information content (AvgIpc) is 2.43. The minimum atomic E-state index is -2.50. The highest BCUT2D eigenvalue weighted by Gasteiger charge is 2.12. The van der Waals surface area contributed by atoms with Crippen molar-refractivity contribution in [1.29, 1.82) is 0 Å². The molecule has 0 spiro atoms. The molecule has 0 saturated heterocycles. The van der Waals surface area contributed by atoms with Gasteiger partial charge in [0, 0.05) is 12.0 Å². The van der Waals surface area contributed by atoms with Crippen LogP contribution in [0.3, 0.4) is 0 Å². The van der Waals surface area contributed by atoms with E-state index in [0.717, 1.165) is 5.56 Å². The lowest BCUT2D eigenvalue weighted by Gasteiger charge is -2.12. The van der Waals surface area contributed by atoms with Gasteiger partial charge in [-0.2, -0.15) is 0 Å². The maximum atomic E-state index is 12.4. The number of aliphatic hydroxyl groups excluding tert-OH is 1. The second kappa shape index (κ2) is 6.53. The smallest absolute Gasteiger partial charge is 0.263 e. The van der Waals surface area contributed by atoms with Gasteiger partial charge in [-0.3, -0.25) is 0 Å². The van der Waals surface area contributed by atoms with Crippen molar-refractivity contribution in [3.8, 4) is 0 Å². The Morgan fingerprint density at radius 1 is 0.900 bits per heavy atom. The molecule has 1 N–H and O–H groups in total. The Labute approximate surface area is 125 Å². The topological polar surface area (TPSA) is 20.2 Å². The maximum absolute atomic E-state index is 12.4. The van der Waals surface area contributed by atoms with Crippen molar-refractivity contribution in [2.75, 3.05) is 0 Å². The molecule has 1 unspecified atom stereocenters. The maximum Gasteiger partial charge on any atom is 0.263 e. The summed E-state index contributed by atoms with van der Waals surface area (Å²) in [6.07, 6.45) is -2.94. The van der Waals surface area contributed by atoms with E-state index in [2.05, 4.69) is 0 Å². The zero-order chi connectivity index (χ0) is 14.7. The molecule has 2 aromatic rings. The highest BCUT2D eigenvalue weighted by Crippen LogP contribution is 2.26. The van der Waals surface area contributed by atoms with Crippen molar-refractivity contribution in [1.82, 2.24) is 0 Å². The normalized spacial score (nSPS) is 12.7. The zero-order valence-corrected chi connectivity index (χ0v) is 11.9. The summed E-state index contributed by atoms with van der Waals surface area (Å²) in [7, 11) is 0. The van der Waals surface area contributed by atoms with E-state index in [1.54, 1.807) is 18.2 Å². The third kappa shape index (κ3) is 3.69. The van der Waals surface area contributed by atoms with Gasteiger partial charge in [0.15, 0.2) is 0 Å². The number of benzene rings is 2. The van der Waals surface area contributed by atoms with Crippen molar-refractivity contribution in [2.45, 2.75) is 19.0 Å². The Hall–Kier alpha value is -1.16. The fourth-order valence-electron chi connectivity index (χ4n) is 1.87. The van der Waals surface area contributed by atoms with E-state index in [9.17, 15) is 13.9 Å². The molecule has 0 saturated carbocycles. The van der Waals surface area contributed by atoms with E-state index in [0.29, 0.717) is 22.0 Å². The zero-order valence-electron chi connectivity index (χ0n) is 10.4. The highest BCUT2D eigenvalue weighted by molar-refractivity contribution is 6.42. The van der Waals surface area contributed by atoms with E-state index in [4.69, 9.17) is 23.2 Å². The largest absolute Gasteiger partial charge is 0.388 e. The van der Waals surface area contributed by atoms with E-state index in [-0.39, 0.29) is 5.56 Å². The van der Waals surface area contributed by atoms with Gasteiger partial charge in [-0.1, -0.05) is 53.5 Å². The summed E-state index contributed by atoms with van der Waals surface area (Å²) in [5, 5.41) is 11.0. The van der Waals surface area contributed by atoms with E-state index in [1.807, 2.05) is 0 Å². The molecular weight excluding hydrogens is 305 g/mol. The first-order chi connectivity index (χ1) is 9.47. The molecule has 0 aliphatic heterocycles. The quantitative estimate of drug-likeness (QED) is 0.821. The van der Waals surface area contributed by atoms with Crippen LogP contribution in [-0.4, -0.2) is 5.11 Å². The lowest BCUT2D eigenvalue weighted by molar-refractivity contribution is 0.151. The molecule has 1 nitrogen and oxygen atoms in total. The van der Waals surface area contributed by atoms with Crippen molar-refractivity contribution in [3.63, 3.8) is 0 Å². The van der Waals surface area contributed by atoms with Crippen LogP contribution in [0.4, 0.5) is 8.78 Å². The molecule has 0 amide bonds. The summed E-state index contributed by atoms with van der Waals surface area (Å²) in [6, 6.07) is 10.8. The molecule has 0 bridgehead atoms. The second-order valence-electron chi connectivity index (χ2n) is 4.44. The van der Waals surface area contributed by atoms with Gasteiger partial charge in [0.2, 0.25) is 0 Å². The Kier molecular flexibility index (Phi) is 4.97. The summed E-state index contributed by atoms with van der Waals surface area (Å²) < 4.78 is 24.9. The molecule has 0 aliphatic carbocycles. The molecule has 20 heavy (non-hydrogen) atoms. The van der Waals surface area contributed by atoms with Crippen molar-refractivity contribution >= 4 is 23.2 Å². The monoisotopic (exact) mass is 316 g/mol. The molecule has 0 heterocycles. The Morgan fingerprint density at radius 3 is 2.05 bits per heavy atom. The molecule has 0 radical (unpaired) electrons. The van der Waals surface area contributed by atoms with Gasteiger partial charge in [0.05, 0.1) is 16.1 Å². The SMILES string of the molecule is OC(Cc1ccc(Cl)c(Cl)c1)c1ccc(C(F)F)cc1. The minimum absolute atomic E-state index is 0.0597. The summed E-state index contributed by atoms with van der Waals surface area (Å²) in [4.78, 5) is 0.